The van der Waals surface area contributed by atoms with Crippen LogP contribution in [0.15, 0.2) is 18.3 Å². The van der Waals surface area contributed by atoms with Gasteiger partial charge in [0.2, 0.25) is 5.91 Å². The van der Waals surface area contributed by atoms with Crippen molar-refractivity contribution in [1.82, 2.24) is 15.1 Å². The Morgan fingerprint density at radius 1 is 1.14 bits per heavy atom. The van der Waals surface area contributed by atoms with Crippen molar-refractivity contribution < 1.29 is 4.79 Å². The van der Waals surface area contributed by atoms with Crippen LogP contribution < -0.4 is 10.6 Å². The summed E-state index contributed by atoms with van der Waals surface area (Å²) in [5.74, 6) is 1.01. The maximum absolute atomic E-state index is 12.5. The van der Waals surface area contributed by atoms with Gasteiger partial charge >= 0.3 is 0 Å². The van der Waals surface area contributed by atoms with Gasteiger partial charge in [0.05, 0.1) is 5.54 Å². The largest absolute Gasteiger partial charge is 0.352 e. The van der Waals surface area contributed by atoms with Crippen molar-refractivity contribution in [2.75, 3.05) is 31.1 Å². The predicted octanol–water partition coefficient (Wildman–Crippen LogP) is 1.24. The molecule has 2 heterocycles. The fourth-order valence-electron chi connectivity index (χ4n) is 3.14. The van der Waals surface area contributed by atoms with Crippen molar-refractivity contribution in [2.24, 2.45) is 5.73 Å². The average molecular weight is 348 g/mol. The van der Waals surface area contributed by atoms with E-state index >= 15 is 0 Å². The molecule has 2 N–H and O–H groups in total. The van der Waals surface area contributed by atoms with Gasteiger partial charge in [-0.2, -0.15) is 5.10 Å². The van der Waals surface area contributed by atoms with Crippen LogP contribution >= 0.6 is 24.8 Å². The summed E-state index contributed by atoms with van der Waals surface area (Å²) in [6.07, 6.45) is 5.47. The number of hydrogen-bond acceptors (Lipinski definition) is 5. The molecule has 1 aromatic rings. The first-order valence-electron chi connectivity index (χ1n) is 7.30. The topological polar surface area (TPSA) is 75.4 Å². The number of hydrogen-bond donors (Lipinski definition) is 1. The number of anilines is 1. The van der Waals surface area contributed by atoms with Gasteiger partial charge in [-0.05, 0) is 25.0 Å². The molecule has 1 saturated carbocycles. The maximum Gasteiger partial charge on any atom is 0.242 e. The second kappa shape index (κ2) is 7.94. The molecule has 0 unspecified atom stereocenters. The third-order valence-corrected chi connectivity index (χ3v) is 4.37. The van der Waals surface area contributed by atoms with Gasteiger partial charge in [0.1, 0.15) is 0 Å². The first kappa shape index (κ1) is 18.9. The Morgan fingerprint density at radius 2 is 1.77 bits per heavy atom. The smallest absolute Gasteiger partial charge is 0.242 e. The highest BCUT2D eigenvalue weighted by molar-refractivity contribution is 5.86. The van der Waals surface area contributed by atoms with Crippen LogP contribution in [0.2, 0.25) is 0 Å². The van der Waals surface area contributed by atoms with Gasteiger partial charge in [-0.3, -0.25) is 4.79 Å². The van der Waals surface area contributed by atoms with E-state index in [4.69, 9.17) is 5.73 Å². The lowest BCUT2D eigenvalue weighted by atomic mass is 9.97. The van der Waals surface area contributed by atoms with Gasteiger partial charge in [-0.15, -0.1) is 29.9 Å². The lowest BCUT2D eigenvalue weighted by Gasteiger charge is -2.38. The molecule has 124 valence electrons. The number of piperazine rings is 1. The monoisotopic (exact) mass is 347 g/mol. The second-order valence-electron chi connectivity index (χ2n) is 5.72. The Kier molecular flexibility index (Phi) is 6.84. The summed E-state index contributed by atoms with van der Waals surface area (Å²) in [6.45, 7) is 3.02. The molecule has 6 nitrogen and oxygen atoms in total. The molecule has 22 heavy (non-hydrogen) atoms. The van der Waals surface area contributed by atoms with Gasteiger partial charge in [0.15, 0.2) is 5.82 Å². The van der Waals surface area contributed by atoms with E-state index in [-0.39, 0.29) is 30.7 Å². The molecule has 2 fully saturated rings. The minimum atomic E-state index is -0.602. The summed E-state index contributed by atoms with van der Waals surface area (Å²) in [7, 11) is 0. The van der Waals surface area contributed by atoms with E-state index in [0.29, 0.717) is 13.1 Å². The van der Waals surface area contributed by atoms with Crippen molar-refractivity contribution in [3.63, 3.8) is 0 Å². The normalized spacial score (nSPS) is 20.0. The molecule has 1 aliphatic carbocycles. The lowest BCUT2D eigenvalue weighted by Crippen LogP contribution is -2.58. The lowest BCUT2D eigenvalue weighted by molar-refractivity contribution is -0.137. The molecule has 1 aliphatic heterocycles. The molecule has 0 radical (unpaired) electrons. The number of carbonyl (C=O) groups excluding carboxylic acids is 1. The third kappa shape index (κ3) is 3.80. The molecule has 8 heteroatoms. The zero-order valence-electron chi connectivity index (χ0n) is 12.5. The van der Waals surface area contributed by atoms with Crippen molar-refractivity contribution in [3.8, 4) is 0 Å². The Hall–Kier alpha value is -1.11. The molecule has 0 spiro atoms. The zero-order valence-corrected chi connectivity index (χ0v) is 14.1. The number of amides is 1. The second-order valence-corrected chi connectivity index (χ2v) is 5.72. The number of halogens is 2. The van der Waals surface area contributed by atoms with E-state index in [1.165, 1.54) is 0 Å². The first-order chi connectivity index (χ1) is 9.69. The van der Waals surface area contributed by atoms with E-state index in [9.17, 15) is 4.79 Å². The van der Waals surface area contributed by atoms with Crippen LogP contribution in [0.1, 0.15) is 25.7 Å². The van der Waals surface area contributed by atoms with Crippen LogP contribution in [-0.4, -0.2) is 52.7 Å². The van der Waals surface area contributed by atoms with E-state index in [1.807, 2.05) is 17.0 Å². The first-order valence-corrected chi connectivity index (χ1v) is 7.30. The molecule has 0 atom stereocenters. The molecule has 2 aliphatic rings. The van der Waals surface area contributed by atoms with Gasteiger partial charge in [-0.1, -0.05) is 12.8 Å². The van der Waals surface area contributed by atoms with Crippen LogP contribution in [0.5, 0.6) is 0 Å². The van der Waals surface area contributed by atoms with Crippen LogP contribution in [-0.2, 0) is 4.79 Å². The summed E-state index contributed by atoms with van der Waals surface area (Å²) in [5, 5.41) is 8.01. The Morgan fingerprint density at radius 3 is 2.32 bits per heavy atom. The molecule has 0 bridgehead atoms. The highest BCUT2D eigenvalue weighted by Gasteiger charge is 2.40. The Bertz CT molecular complexity index is 473. The summed E-state index contributed by atoms with van der Waals surface area (Å²) in [4.78, 5) is 16.6. The number of aromatic nitrogens is 2. The number of rotatable bonds is 2. The highest BCUT2D eigenvalue weighted by Crippen LogP contribution is 2.29. The molecule has 3 rings (SSSR count). The minimum absolute atomic E-state index is 0. The quantitative estimate of drug-likeness (QED) is 0.870. The van der Waals surface area contributed by atoms with Gasteiger partial charge in [-0.25, -0.2) is 0 Å². The summed E-state index contributed by atoms with van der Waals surface area (Å²) in [5.41, 5.74) is 5.65. The SMILES string of the molecule is Cl.Cl.NC1(C(=O)N2CCN(c3cccnn3)CC2)CCCC1. The Labute approximate surface area is 143 Å². The van der Waals surface area contributed by atoms with Crippen LogP contribution in [0.25, 0.3) is 0 Å². The van der Waals surface area contributed by atoms with Gasteiger partial charge in [0.25, 0.3) is 0 Å². The van der Waals surface area contributed by atoms with Crippen molar-refractivity contribution >= 4 is 36.5 Å². The van der Waals surface area contributed by atoms with Crippen molar-refractivity contribution in [1.29, 1.82) is 0 Å². The standard InChI is InChI=1S/C14H21N5O.2ClH/c15-14(5-1-2-6-14)13(20)19-10-8-18(9-11-19)12-4-3-7-16-17-12;;/h3-4,7H,1-2,5-6,8-11,15H2;2*1H. The number of carbonyl (C=O) groups is 1. The number of nitrogens with two attached hydrogens (primary N) is 1. The van der Waals surface area contributed by atoms with Crippen molar-refractivity contribution in [3.05, 3.63) is 18.3 Å². The Balaban J connectivity index is 0.00000121. The van der Waals surface area contributed by atoms with Crippen LogP contribution in [0.4, 0.5) is 5.82 Å². The van der Waals surface area contributed by atoms with Gasteiger partial charge < -0.3 is 15.5 Å². The van der Waals surface area contributed by atoms with Crippen molar-refractivity contribution in [2.45, 2.75) is 31.2 Å². The molecule has 0 aromatic carbocycles. The van der Waals surface area contributed by atoms with E-state index in [1.54, 1.807) is 6.20 Å². The molecular weight excluding hydrogens is 325 g/mol. The van der Waals surface area contributed by atoms with E-state index in [0.717, 1.165) is 44.6 Å². The van der Waals surface area contributed by atoms with Crippen LogP contribution in [0.3, 0.4) is 0 Å². The summed E-state index contributed by atoms with van der Waals surface area (Å²) in [6, 6.07) is 3.83. The summed E-state index contributed by atoms with van der Waals surface area (Å²) < 4.78 is 0. The predicted molar refractivity (Wildman–Crippen MR) is 90.7 cm³/mol. The summed E-state index contributed by atoms with van der Waals surface area (Å²) >= 11 is 0. The zero-order chi connectivity index (χ0) is 14.0. The average Bonchev–Trinajstić information content (AvgIpc) is 2.96. The highest BCUT2D eigenvalue weighted by atomic mass is 35.5. The van der Waals surface area contributed by atoms with Gasteiger partial charge in [0, 0.05) is 32.4 Å². The fraction of sp³-hybridized carbons (Fsp3) is 0.643. The van der Waals surface area contributed by atoms with Crippen LogP contribution in [0, 0.1) is 0 Å². The molecule has 1 aromatic heterocycles. The fourth-order valence-corrected chi connectivity index (χ4v) is 3.14. The number of nitrogens with zero attached hydrogens (tertiary/aromatic N) is 4. The van der Waals surface area contributed by atoms with E-state index in [2.05, 4.69) is 15.1 Å². The molecule has 1 amide bonds. The minimum Gasteiger partial charge on any atom is -0.352 e. The third-order valence-electron chi connectivity index (χ3n) is 4.37. The maximum atomic E-state index is 12.5. The molecule has 1 saturated heterocycles. The molecular formula is C14H23Cl2N5O. The van der Waals surface area contributed by atoms with E-state index < -0.39 is 5.54 Å².